The predicted molar refractivity (Wildman–Crippen MR) is 51.7 cm³/mol. The molecule has 1 atom stereocenters. The van der Waals surface area contributed by atoms with Crippen LogP contribution in [0.15, 0.2) is 0 Å². The molecule has 0 aromatic carbocycles. The Morgan fingerprint density at radius 2 is 2.29 bits per heavy atom. The number of rotatable bonds is 4. The van der Waals surface area contributed by atoms with Gasteiger partial charge in [0.05, 0.1) is 6.61 Å². The molecule has 1 fully saturated rings. The molecule has 2 N–H and O–H groups in total. The molecule has 0 aromatic rings. The Morgan fingerprint density at radius 1 is 1.50 bits per heavy atom. The Morgan fingerprint density at radius 3 is 2.93 bits per heavy atom. The van der Waals surface area contributed by atoms with Crippen LogP contribution in [0, 0.1) is 5.92 Å². The van der Waals surface area contributed by atoms with Crippen molar-refractivity contribution in [1.82, 2.24) is 5.32 Å². The van der Waals surface area contributed by atoms with Crippen molar-refractivity contribution in [3.8, 4) is 0 Å². The van der Waals surface area contributed by atoms with Crippen molar-refractivity contribution in [1.29, 1.82) is 0 Å². The van der Waals surface area contributed by atoms with Crippen molar-refractivity contribution in [3.63, 3.8) is 0 Å². The summed E-state index contributed by atoms with van der Waals surface area (Å²) < 4.78 is 0. The molecule has 4 heteroatoms. The van der Waals surface area contributed by atoms with Crippen LogP contribution in [0.1, 0.15) is 32.1 Å². The lowest BCUT2D eigenvalue weighted by molar-refractivity contribution is -0.130. The van der Waals surface area contributed by atoms with E-state index < -0.39 is 0 Å². The number of aliphatic hydroxyl groups excluding tert-OH is 1. The number of hydrogen-bond donors (Lipinski definition) is 2. The third-order valence-corrected chi connectivity index (χ3v) is 2.55. The minimum atomic E-state index is -0.126. The molecule has 1 unspecified atom stereocenters. The van der Waals surface area contributed by atoms with Crippen LogP contribution in [-0.4, -0.2) is 29.9 Å². The number of aliphatic hydroxyl groups is 1. The molecule has 4 nitrogen and oxygen atoms in total. The Kier molecular flexibility index (Phi) is 4.59. The normalized spacial score (nSPS) is 22.1. The van der Waals surface area contributed by atoms with Crippen LogP contribution < -0.4 is 5.32 Å². The summed E-state index contributed by atoms with van der Waals surface area (Å²) in [6.07, 6.45) is 3.76. The first-order valence-corrected chi connectivity index (χ1v) is 5.14. The van der Waals surface area contributed by atoms with Crippen molar-refractivity contribution in [3.05, 3.63) is 0 Å². The first-order valence-electron chi connectivity index (χ1n) is 5.14. The first-order chi connectivity index (χ1) is 6.74. The van der Waals surface area contributed by atoms with Crippen LogP contribution in [-0.2, 0) is 9.59 Å². The molecule has 1 aliphatic rings. The topological polar surface area (TPSA) is 66.4 Å². The standard InChI is InChI=1S/C10H17NO3/c12-6-5-11-10(14)7-8-3-1-2-4-9(8)13/h8,12H,1-7H2,(H,11,14). The van der Waals surface area contributed by atoms with Gasteiger partial charge >= 0.3 is 0 Å². The van der Waals surface area contributed by atoms with Gasteiger partial charge in [0.2, 0.25) is 5.91 Å². The van der Waals surface area contributed by atoms with Gasteiger partial charge in [-0.05, 0) is 12.8 Å². The van der Waals surface area contributed by atoms with Gasteiger partial charge in [-0.3, -0.25) is 9.59 Å². The highest BCUT2D eigenvalue weighted by molar-refractivity contribution is 5.87. The van der Waals surface area contributed by atoms with Gasteiger partial charge in [-0.2, -0.15) is 0 Å². The average molecular weight is 199 g/mol. The number of carbonyl (C=O) groups excluding carboxylic acids is 2. The number of hydrogen-bond acceptors (Lipinski definition) is 3. The smallest absolute Gasteiger partial charge is 0.220 e. The summed E-state index contributed by atoms with van der Waals surface area (Å²) in [4.78, 5) is 22.6. The summed E-state index contributed by atoms with van der Waals surface area (Å²) in [5.41, 5.74) is 0. The maximum atomic E-state index is 11.4. The SMILES string of the molecule is O=C(CC1CCCCC1=O)NCCO. The van der Waals surface area contributed by atoms with Crippen molar-refractivity contribution < 1.29 is 14.7 Å². The molecule has 0 spiro atoms. The highest BCUT2D eigenvalue weighted by Gasteiger charge is 2.24. The summed E-state index contributed by atoms with van der Waals surface area (Å²) in [6, 6.07) is 0. The summed E-state index contributed by atoms with van der Waals surface area (Å²) >= 11 is 0. The van der Waals surface area contributed by atoms with E-state index in [4.69, 9.17) is 5.11 Å². The lowest BCUT2D eigenvalue weighted by Crippen LogP contribution is -2.31. The number of ketones is 1. The number of Topliss-reactive ketones (excluding diaryl/α,β-unsaturated/α-hetero) is 1. The number of amides is 1. The van der Waals surface area contributed by atoms with E-state index in [9.17, 15) is 9.59 Å². The minimum Gasteiger partial charge on any atom is -0.395 e. The Labute approximate surface area is 83.7 Å². The van der Waals surface area contributed by atoms with Gasteiger partial charge in [0.1, 0.15) is 5.78 Å². The van der Waals surface area contributed by atoms with Gasteiger partial charge in [0, 0.05) is 25.3 Å². The highest BCUT2D eigenvalue weighted by atomic mass is 16.3. The van der Waals surface area contributed by atoms with Crippen LogP contribution in [0.5, 0.6) is 0 Å². The number of carbonyl (C=O) groups is 2. The minimum absolute atomic E-state index is 0.0512. The van der Waals surface area contributed by atoms with Gasteiger partial charge in [-0.1, -0.05) is 6.42 Å². The van der Waals surface area contributed by atoms with Crippen LogP contribution >= 0.6 is 0 Å². The van der Waals surface area contributed by atoms with Crippen LogP contribution in [0.2, 0.25) is 0 Å². The Hall–Kier alpha value is -0.900. The molecular formula is C10H17NO3. The summed E-state index contributed by atoms with van der Waals surface area (Å²) in [7, 11) is 0. The third kappa shape index (κ3) is 3.46. The van der Waals surface area contributed by atoms with Crippen molar-refractivity contribution in [2.24, 2.45) is 5.92 Å². The molecule has 0 saturated heterocycles. The van der Waals surface area contributed by atoms with Gasteiger partial charge in [0.15, 0.2) is 0 Å². The first kappa shape index (κ1) is 11.2. The third-order valence-electron chi connectivity index (χ3n) is 2.55. The van der Waals surface area contributed by atoms with E-state index in [1.807, 2.05) is 0 Å². The largest absolute Gasteiger partial charge is 0.395 e. The monoisotopic (exact) mass is 199 g/mol. The molecular weight excluding hydrogens is 182 g/mol. The van der Waals surface area contributed by atoms with Crippen molar-refractivity contribution in [2.75, 3.05) is 13.2 Å². The Bertz CT molecular complexity index is 215. The zero-order valence-electron chi connectivity index (χ0n) is 8.29. The van der Waals surface area contributed by atoms with E-state index in [0.29, 0.717) is 12.8 Å². The molecule has 1 saturated carbocycles. The van der Waals surface area contributed by atoms with E-state index in [2.05, 4.69) is 5.32 Å². The molecule has 0 radical (unpaired) electrons. The summed E-state index contributed by atoms with van der Waals surface area (Å²) in [5.74, 6) is 0.0112. The molecule has 0 bridgehead atoms. The molecule has 0 aliphatic heterocycles. The fourth-order valence-electron chi connectivity index (χ4n) is 1.76. The maximum absolute atomic E-state index is 11.4. The second kappa shape index (κ2) is 5.75. The zero-order chi connectivity index (χ0) is 10.4. The van der Waals surface area contributed by atoms with E-state index in [1.165, 1.54) is 0 Å². The van der Waals surface area contributed by atoms with Crippen LogP contribution in [0.4, 0.5) is 0 Å². The van der Waals surface area contributed by atoms with Gasteiger partial charge in [-0.15, -0.1) is 0 Å². The van der Waals surface area contributed by atoms with Crippen molar-refractivity contribution in [2.45, 2.75) is 32.1 Å². The lowest BCUT2D eigenvalue weighted by atomic mass is 9.85. The van der Waals surface area contributed by atoms with E-state index in [-0.39, 0.29) is 30.8 Å². The van der Waals surface area contributed by atoms with E-state index in [1.54, 1.807) is 0 Å². The molecule has 0 aromatic heterocycles. The molecule has 14 heavy (non-hydrogen) atoms. The molecule has 1 rings (SSSR count). The van der Waals surface area contributed by atoms with E-state index >= 15 is 0 Å². The van der Waals surface area contributed by atoms with Crippen molar-refractivity contribution >= 4 is 11.7 Å². The molecule has 80 valence electrons. The summed E-state index contributed by atoms with van der Waals surface area (Å²) in [6.45, 7) is 0.226. The fourth-order valence-corrected chi connectivity index (χ4v) is 1.76. The van der Waals surface area contributed by atoms with Crippen LogP contribution in [0.3, 0.4) is 0 Å². The summed E-state index contributed by atoms with van der Waals surface area (Å²) in [5, 5.41) is 11.1. The lowest BCUT2D eigenvalue weighted by Gasteiger charge is -2.19. The predicted octanol–water partition coefficient (Wildman–Crippen LogP) is 0.244. The second-order valence-corrected chi connectivity index (χ2v) is 3.69. The second-order valence-electron chi connectivity index (χ2n) is 3.69. The highest BCUT2D eigenvalue weighted by Crippen LogP contribution is 2.22. The Balaban J connectivity index is 2.27. The van der Waals surface area contributed by atoms with Gasteiger partial charge in [0.25, 0.3) is 0 Å². The fraction of sp³-hybridized carbons (Fsp3) is 0.800. The number of nitrogens with one attached hydrogen (secondary N) is 1. The van der Waals surface area contributed by atoms with Gasteiger partial charge < -0.3 is 10.4 Å². The van der Waals surface area contributed by atoms with Gasteiger partial charge in [-0.25, -0.2) is 0 Å². The molecule has 0 heterocycles. The zero-order valence-corrected chi connectivity index (χ0v) is 8.29. The van der Waals surface area contributed by atoms with E-state index in [0.717, 1.165) is 19.3 Å². The molecule has 1 amide bonds. The average Bonchev–Trinajstić information content (AvgIpc) is 2.18. The molecule has 1 aliphatic carbocycles. The quantitative estimate of drug-likeness (QED) is 0.681. The maximum Gasteiger partial charge on any atom is 0.220 e. The van der Waals surface area contributed by atoms with Crippen LogP contribution in [0.25, 0.3) is 0 Å².